The highest BCUT2D eigenvalue weighted by atomic mass is 35.5. The summed E-state index contributed by atoms with van der Waals surface area (Å²) in [6.45, 7) is 0. The molecule has 0 aliphatic heterocycles. The van der Waals surface area contributed by atoms with E-state index in [2.05, 4.69) is 4.98 Å². The first-order valence-electron chi connectivity index (χ1n) is 4.45. The fourth-order valence-electron chi connectivity index (χ4n) is 1.37. The van der Waals surface area contributed by atoms with E-state index < -0.39 is 5.82 Å². The molecule has 0 saturated heterocycles. The van der Waals surface area contributed by atoms with Gasteiger partial charge in [-0.25, -0.2) is 4.39 Å². The van der Waals surface area contributed by atoms with Crippen LogP contribution in [0.1, 0.15) is 0 Å². The summed E-state index contributed by atoms with van der Waals surface area (Å²) >= 11 is 11.9. The maximum absolute atomic E-state index is 12.8. The molecule has 2 aromatic rings. The molecule has 2 nitrogen and oxygen atoms in total. The first-order valence-corrected chi connectivity index (χ1v) is 5.20. The van der Waals surface area contributed by atoms with Crippen LogP contribution in [0.5, 0.6) is 0 Å². The van der Waals surface area contributed by atoms with Gasteiger partial charge in [0.25, 0.3) is 0 Å². The van der Waals surface area contributed by atoms with Crippen molar-refractivity contribution < 1.29 is 4.39 Å². The maximum atomic E-state index is 12.8. The monoisotopic (exact) mass is 256 g/mol. The molecule has 5 heteroatoms. The SMILES string of the molecule is Nc1cc(F)cnc1-c1cccc(Cl)c1Cl. The van der Waals surface area contributed by atoms with E-state index in [-0.39, 0.29) is 5.69 Å². The van der Waals surface area contributed by atoms with Crippen LogP contribution in [0.3, 0.4) is 0 Å². The van der Waals surface area contributed by atoms with E-state index in [4.69, 9.17) is 28.9 Å². The zero-order valence-corrected chi connectivity index (χ0v) is 9.56. The van der Waals surface area contributed by atoms with Gasteiger partial charge < -0.3 is 5.73 Å². The van der Waals surface area contributed by atoms with E-state index in [1.165, 1.54) is 6.07 Å². The lowest BCUT2D eigenvalue weighted by molar-refractivity contribution is 0.622. The summed E-state index contributed by atoms with van der Waals surface area (Å²) in [4.78, 5) is 3.91. The van der Waals surface area contributed by atoms with Crippen molar-refractivity contribution in [3.63, 3.8) is 0 Å². The normalized spacial score (nSPS) is 10.4. The summed E-state index contributed by atoms with van der Waals surface area (Å²) in [5, 5.41) is 0.764. The quantitative estimate of drug-likeness (QED) is 0.844. The number of nitrogens with two attached hydrogens (primary N) is 1. The molecule has 0 aliphatic rings. The number of hydrogen-bond acceptors (Lipinski definition) is 2. The number of nitrogens with zero attached hydrogens (tertiary/aromatic N) is 1. The number of benzene rings is 1. The smallest absolute Gasteiger partial charge is 0.143 e. The van der Waals surface area contributed by atoms with Gasteiger partial charge in [0.1, 0.15) is 5.82 Å². The van der Waals surface area contributed by atoms with Gasteiger partial charge in [-0.15, -0.1) is 0 Å². The predicted molar refractivity (Wildman–Crippen MR) is 64.1 cm³/mol. The molecule has 0 radical (unpaired) electrons. The highest BCUT2D eigenvalue weighted by Gasteiger charge is 2.11. The molecule has 0 atom stereocenters. The van der Waals surface area contributed by atoms with Gasteiger partial charge in [0.15, 0.2) is 0 Å². The zero-order chi connectivity index (χ0) is 11.7. The Morgan fingerprint density at radius 1 is 1.25 bits per heavy atom. The molecule has 16 heavy (non-hydrogen) atoms. The second-order valence-corrected chi connectivity index (χ2v) is 3.98. The first kappa shape index (κ1) is 11.2. The lowest BCUT2D eigenvalue weighted by Gasteiger charge is -2.07. The molecule has 1 heterocycles. The zero-order valence-electron chi connectivity index (χ0n) is 8.05. The summed E-state index contributed by atoms with van der Waals surface area (Å²) in [6, 6.07) is 6.31. The molecule has 0 bridgehead atoms. The van der Waals surface area contributed by atoms with Crippen LogP contribution in [0.15, 0.2) is 30.5 Å². The minimum atomic E-state index is -0.487. The topological polar surface area (TPSA) is 38.9 Å². The second-order valence-electron chi connectivity index (χ2n) is 3.19. The van der Waals surface area contributed by atoms with E-state index in [1.807, 2.05) is 0 Å². The van der Waals surface area contributed by atoms with Gasteiger partial charge in [0.2, 0.25) is 0 Å². The largest absolute Gasteiger partial charge is 0.397 e. The second kappa shape index (κ2) is 4.28. The van der Waals surface area contributed by atoms with Crippen molar-refractivity contribution in [1.29, 1.82) is 0 Å². The highest BCUT2D eigenvalue weighted by Crippen LogP contribution is 2.34. The number of pyridine rings is 1. The molecule has 0 amide bonds. The first-order chi connectivity index (χ1) is 7.59. The molecule has 0 spiro atoms. The number of aromatic nitrogens is 1. The van der Waals surface area contributed by atoms with Crippen molar-refractivity contribution in [2.24, 2.45) is 0 Å². The number of anilines is 1. The van der Waals surface area contributed by atoms with Crippen molar-refractivity contribution in [3.8, 4) is 11.3 Å². The number of rotatable bonds is 1. The Morgan fingerprint density at radius 3 is 2.69 bits per heavy atom. The van der Waals surface area contributed by atoms with Gasteiger partial charge in [-0.1, -0.05) is 35.3 Å². The van der Waals surface area contributed by atoms with Gasteiger partial charge in [-0.2, -0.15) is 0 Å². The summed E-state index contributed by atoms with van der Waals surface area (Å²) < 4.78 is 12.8. The Balaban J connectivity index is 2.63. The van der Waals surface area contributed by atoms with Crippen molar-refractivity contribution in [1.82, 2.24) is 4.98 Å². The molecule has 82 valence electrons. The Labute approximate surface area is 102 Å². The van der Waals surface area contributed by atoms with E-state index in [0.717, 1.165) is 6.20 Å². The van der Waals surface area contributed by atoms with Crippen LogP contribution in [-0.2, 0) is 0 Å². The number of hydrogen-bond donors (Lipinski definition) is 1. The molecule has 0 fully saturated rings. The maximum Gasteiger partial charge on any atom is 0.143 e. The van der Waals surface area contributed by atoms with Gasteiger partial charge in [-0.05, 0) is 6.07 Å². The minimum absolute atomic E-state index is 0.226. The molecule has 0 aliphatic carbocycles. The fourth-order valence-corrected chi connectivity index (χ4v) is 1.76. The third-order valence-electron chi connectivity index (χ3n) is 2.09. The molecule has 0 unspecified atom stereocenters. The third kappa shape index (κ3) is 1.96. The van der Waals surface area contributed by atoms with Crippen molar-refractivity contribution in [3.05, 3.63) is 46.3 Å². The number of nitrogen functional groups attached to an aromatic ring is 1. The molecule has 2 rings (SSSR count). The van der Waals surface area contributed by atoms with Crippen LogP contribution in [0.25, 0.3) is 11.3 Å². The van der Waals surface area contributed by atoms with Crippen LogP contribution in [-0.4, -0.2) is 4.98 Å². The summed E-state index contributed by atoms with van der Waals surface area (Å²) in [5.74, 6) is -0.487. The van der Waals surface area contributed by atoms with Crippen molar-refractivity contribution >= 4 is 28.9 Å². The Bertz CT molecular complexity index is 544. The lowest BCUT2D eigenvalue weighted by atomic mass is 10.1. The average molecular weight is 257 g/mol. The third-order valence-corrected chi connectivity index (χ3v) is 2.91. The number of halogens is 3. The average Bonchev–Trinajstić information content (AvgIpc) is 2.23. The van der Waals surface area contributed by atoms with Crippen LogP contribution >= 0.6 is 23.2 Å². The molecular weight excluding hydrogens is 250 g/mol. The molecule has 1 aromatic heterocycles. The van der Waals surface area contributed by atoms with Gasteiger partial charge in [-0.3, -0.25) is 4.98 Å². The summed E-state index contributed by atoms with van der Waals surface area (Å²) in [5.41, 5.74) is 6.91. The van der Waals surface area contributed by atoms with Crippen molar-refractivity contribution in [2.75, 3.05) is 5.73 Å². The van der Waals surface area contributed by atoms with Gasteiger partial charge in [0, 0.05) is 11.6 Å². The summed E-state index contributed by atoms with van der Waals surface area (Å²) in [7, 11) is 0. The van der Waals surface area contributed by atoms with Crippen LogP contribution in [0.4, 0.5) is 10.1 Å². The van der Waals surface area contributed by atoms with Crippen LogP contribution in [0.2, 0.25) is 10.0 Å². The molecular formula is C11H7Cl2FN2. The van der Waals surface area contributed by atoms with Gasteiger partial charge in [0.05, 0.1) is 27.6 Å². The lowest BCUT2D eigenvalue weighted by Crippen LogP contribution is -1.95. The Hall–Kier alpha value is -1.32. The Kier molecular flexibility index (Phi) is 2.99. The summed E-state index contributed by atoms with van der Waals surface area (Å²) in [6.07, 6.45) is 1.09. The predicted octanol–water partition coefficient (Wildman–Crippen LogP) is 3.78. The van der Waals surface area contributed by atoms with E-state index in [0.29, 0.717) is 21.3 Å². The van der Waals surface area contributed by atoms with Crippen LogP contribution < -0.4 is 5.73 Å². The molecule has 2 N–H and O–H groups in total. The van der Waals surface area contributed by atoms with E-state index >= 15 is 0 Å². The highest BCUT2D eigenvalue weighted by molar-refractivity contribution is 6.43. The fraction of sp³-hybridized carbons (Fsp3) is 0. The Morgan fingerprint density at radius 2 is 2.00 bits per heavy atom. The van der Waals surface area contributed by atoms with E-state index in [1.54, 1.807) is 18.2 Å². The molecule has 1 aromatic carbocycles. The molecule has 0 saturated carbocycles. The van der Waals surface area contributed by atoms with Gasteiger partial charge >= 0.3 is 0 Å². The standard InChI is InChI=1S/C11H7Cl2FN2/c12-8-3-1-2-7(10(8)13)11-9(15)4-6(14)5-16-11/h1-5H,15H2. The van der Waals surface area contributed by atoms with Crippen LogP contribution in [0, 0.1) is 5.82 Å². The van der Waals surface area contributed by atoms with Crippen molar-refractivity contribution in [2.45, 2.75) is 0 Å². The minimum Gasteiger partial charge on any atom is -0.397 e. The van der Waals surface area contributed by atoms with E-state index in [9.17, 15) is 4.39 Å².